The summed E-state index contributed by atoms with van der Waals surface area (Å²) in [7, 11) is 0. The van der Waals surface area contributed by atoms with Crippen LogP contribution in [-0.2, 0) is 20.8 Å². The van der Waals surface area contributed by atoms with Crippen molar-refractivity contribution in [1.82, 2.24) is 0 Å². The summed E-state index contributed by atoms with van der Waals surface area (Å²) in [6.07, 6.45) is -0.0806. The molecule has 0 saturated heterocycles. The van der Waals surface area contributed by atoms with E-state index in [4.69, 9.17) is 15.2 Å². The molecule has 1 heterocycles. The van der Waals surface area contributed by atoms with Gasteiger partial charge in [0.05, 0.1) is 5.56 Å². The Morgan fingerprint density at radius 2 is 1.78 bits per heavy atom. The molecule has 10 heteroatoms. The van der Waals surface area contributed by atoms with Gasteiger partial charge in [-0.3, -0.25) is 14.4 Å². The number of hydrogen-bond acceptors (Lipinski definition) is 9. The van der Waals surface area contributed by atoms with E-state index in [1.165, 1.54) is 6.07 Å². The van der Waals surface area contributed by atoms with Crippen LogP contribution in [0.15, 0.2) is 47.2 Å². The van der Waals surface area contributed by atoms with Gasteiger partial charge in [-0.2, -0.15) is 0 Å². The van der Waals surface area contributed by atoms with Gasteiger partial charge in [0, 0.05) is 17.9 Å². The largest absolute Gasteiger partial charge is 0.508 e. The van der Waals surface area contributed by atoms with Crippen molar-refractivity contribution in [3.8, 4) is 28.4 Å². The number of aliphatic hydroxyl groups is 3. The quantitative estimate of drug-likeness (QED) is 0.392. The molecule has 0 aromatic heterocycles. The fourth-order valence-electron chi connectivity index (χ4n) is 5.96. The fraction of sp³-hybridized carbons (Fsp3) is 0.269. The van der Waals surface area contributed by atoms with Crippen LogP contribution >= 0.6 is 0 Å². The molecule has 2 aromatic carbocycles. The predicted molar refractivity (Wildman–Crippen MR) is 123 cm³/mol. The van der Waals surface area contributed by atoms with Crippen LogP contribution < -0.4 is 15.2 Å². The summed E-state index contributed by atoms with van der Waals surface area (Å²) < 4.78 is 10.8. The van der Waals surface area contributed by atoms with E-state index in [2.05, 4.69) is 0 Å². The predicted octanol–water partition coefficient (Wildman–Crippen LogP) is 1.82. The highest BCUT2D eigenvalue weighted by Crippen LogP contribution is 2.53. The van der Waals surface area contributed by atoms with E-state index in [0.29, 0.717) is 22.6 Å². The SMILES string of the molecule is NC(=O)C1=C(O)C2(O)C(=O)C3=C(O)c4c(O)ccc(-c5ccc6c(c5)OCO6)c4C[C@H]3C[C@H]2CC1=O. The number of primary amides is 1. The number of hydrogen-bond donors (Lipinski definition) is 5. The normalized spacial score (nSPS) is 26.5. The number of carbonyl (C=O) groups excluding carboxylic acids is 3. The Hall–Kier alpha value is -4.31. The molecule has 0 radical (unpaired) electrons. The number of aromatic hydroxyl groups is 1. The summed E-state index contributed by atoms with van der Waals surface area (Å²) in [6, 6.07) is 8.44. The Bertz CT molecular complexity index is 1470. The first-order valence-electron chi connectivity index (χ1n) is 11.3. The van der Waals surface area contributed by atoms with Crippen molar-refractivity contribution in [3.63, 3.8) is 0 Å². The number of benzene rings is 2. The van der Waals surface area contributed by atoms with Gasteiger partial charge in [-0.15, -0.1) is 0 Å². The van der Waals surface area contributed by atoms with Gasteiger partial charge in [0.15, 0.2) is 22.9 Å². The number of phenolic OH excluding ortho intramolecular Hbond substituents is 1. The zero-order valence-corrected chi connectivity index (χ0v) is 18.8. The maximum atomic E-state index is 13.6. The van der Waals surface area contributed by atoms with Crippen LogP contribution in [0, 0.1) is 11.8 Å². The van der Waals surface area contributed by atoms with Gasteiger partial charge in [0.2, 0.25) is 12.6 Å². The van der Waals surface area contributed by atoms with Crippen LogP contribution in [0.25, 0.3) is 16.9 Å². The molecule has 3 atom stereocenters. The molecule has 3 aliphatic carbocycles. The molecule has 0 spiro atoms. The van der Waals surface area contributed by atoms with E-state index in [9.17, 15) is 34.8 Å². The Labute approximate surface area is 203 Å². The maximum Gasteiger partial charge on any atom is 0.255 e. The minimum Gasteiger partial charge on any atom is -0.508 e. The second-order valence-electron chi connectivity index (χ2n) is 9.46. The zero-order valence-electron chi connectivity index (χ0n) is 18.8. The van der Waals surface area contributed by atoms with Crippen LogP contribution in [0.5, 0.6) is 17.2 Å². The van der Waals surface area contributed by atoms with E-state index < -0.39 is 52.0 Å². The van der Waals surface area contributed by atoms with Crippen molar-refractivity contribution in [3.05, 3.63) is 58.4 Å². The minimum atomic E-state index is -2.58. The average molecular weight is 491 g/mol. The van der Waals surface area contributed by atoms with Gasteiger partial charge in [-0.25, -0.2) is 0 Å². The molecule has 1 aliphatic heterocycles. The average Bonchev–Trinajstić information content (AvgIpc) is 3.29. The molecule has 1 fully saturated rings. The van der Waals surface area contributed by atoms with E-state index in [1.807, 2.05) is 6.07 Å². The lowest BCUT2D eigenvalue weighted by atomic mass is 9.59. The third-order valence-corrected chi connectivity index (χ3v) is 7.63. The number of ketones is 2. The van der Waals surface area contributed by atoms with E-state index in [0.717, 1.165) is 5.56 Å². The third kappa shape index (κ3) is 2.78. The summed E-state index contributed by atoms with van der Waals surface area (Å²) in [4.78, 5) is 37.8. The first kappa shape index (κ1) is 22.2. The lowest BCUT2D eigenvalue weighted by Gasteiger charge is -2.46. The Morgan fingerprint density at radius 1 is 1.03 bits per heavy atom. The molecule has 6 rings (SSSR count). The second-order valence-corrected chi connectivity index (χ2v) is 9.46. The number of aliphatic hydroxyl groups excluding tert-OH is 2. The third-order valence-electron chi connectivity index (χ3n) is 7.63. The summed E-state index contributed by atoms with van der Waals surface area (Å²) in [6.45, 7) is 0.103. The van der Waals surface area contributed by atoms with Crippen LogP contribution in [0.1, 0.15) is 24.0 Å². The number of phenols is 1. The van der Waals surface area contributed by atoms with E-state index in [-0.39, 0.29) is 42.9 Å². The summed E-state index contributed by atoms with van der Waals surface area (Å²) in [5.41, 5.74) is 3.69. The van der Waals surface area contributed by atoms with E-state index in [1.54, 1.807) is 18.2 Å². The van der Waals surface area contributed by atoms with Crippen molar-refractivity contribution in [2.45, 2.75) is 24.9 Å². The van der Waals surface area contributed by atoms with Crippen LogP contribution in [0.3, 0.4) is 0 Å². The van der Waals surface area contributed by atoms with Crippen molar-refractivity contribution in [2.75, 3.05) is 6.79 Å². The van der Waals surface area contributed by atoms with Gasteiger partial charge < -0.3 is 35.6 Å². The molecule has 6 N–H and O–H groups in total. The summed E-state index contributed by atoms with van der Waals surface area (Å²) in [5.74, 6) is -5.40. The highest BCUT2D eigenvalue weighted by atomic mass is 16.7. The van der Waals surface area contributed by atoms with Gasteiger partial charge in [-0.05, 0) is 53.6 Å². The molecule has 36 heavy (non-hydrogen) atoms. The topological polar surface area (TPSA) is 177 Å². The molecule has 1 unspecified atom stereocenters. The number of nitrogens with two attached hydrogens (primary N) is 1. The molecule has 10 nitrogen and oxygen atoms in total. The fourth-order valence-corrected chi connectivity index (χ4v) is 5.96. The maximum absolute atomic E-state index is 13.6. The van der Waals surface area contributed by atoms with Crippen molar-refractivity contribution in [2.24, 2.45) is 17.6 Å². The standard InChI is InChI=1S/C26H21NO9/c27-25(33)21-16(29)8-12-5-11-6-14-13(10-1-4-17-18(7-10)36-9-35-17)2-3-15(28)20(14)22(30)19(11)23(31)26(12,34)24(21)32/h1-4,7,11-12,28,30,32,34H,5-6,8-9H2,(H2,27,33)/t11-,12+,26?/m1/s1. The summed E-state index contributed by atoms with van der Waals surface area (Å²) in [5, 5.41) is 43.8. The molecular formula is C26H21NO9. The number of fused-ring (bicyclic) bond motifs is 4. The van der Waals surface area contributed by atoms with Gasteiger partial charge >= 0.3 is 0 Å². The van der Waals surface area contributed by atoms with Crippen molar-refractivity contribution in [1.29, 1.82) is 0 Å². The zero-order chi connectivity index (χ0) is 25.5. The monoisotopic (exact) mass is 491 g/mol. The number of amides is 1. The molecule has 4 aliphatic rings. The number of ether oxygens (including phenoxy) is 2. The minimum absolute atomic E-state index is 0.0392. The highest BCUT2D eigenvalue weighted by Gasteiger charge is 2.60. The van der Waals surface area contributed by atoms with Crippen molar-refractivity contribution >= 4 is 23.2 Å². The highest BCUT2D eigenvalue weighted by molar-refractivity contribution is 6.22. The van der Waals surface area contributed by atoms with Crippen LogP contribution in [-0.4, -0.2) is 50.3 Å². The van der Waals surface area contributed by atoms with Gasteiger partial charge in [0.25, 0.3) is 5.91 Å². The first-order valence-corrected chi connectivity index (χ1v) is 11.3. The number of rotatable bonds is 2. The Kier molecular flexibility index (Phi) is 4.52. The molecule has 1 saturated carbocycles. The first-order chi connectivity index (χ1) is 17.1. The smallest absolute Gasteiger partial charge is 0.255 e. The van der Waals surface area contributed by atoms with Gasteiger partial charge in [0.1, 0.15) is 22.8 Å². The van der Waals surface area contributed by atoms with Crippen molar-refractivity contribution < 1.29 is 44.3 Å². The molecule has 184 valence electrons. The number of carbonyl (C=O) groups is 3. The number of Topliss-reactive ketones (excluding diaryl/α,β-unsaturated/α-hetero) is 2. The second kappa shape index (κ2) is 7.34. The lowest BCUT2D eigenvalue weighted by Crippen LogP contribution is -2.58. The Balaban J connectivity index is 1.52. The van der Waals surface area contributed by atoms with Gasteiger partial charge in [-0.1, -0.05) is 12.1 Å². The molecule has 0 bridgehead atoms. The van der Waals surface area contributed by atoms with Crippen LogP contribution in [0.2, 0.25) is 0 Å². The molecular weight excluding hydrogens is 470 g/mol. The van der Waals surface area contributed by atoms with E-state index >= 15 is 0 Å². The van der Waals surface area contributed by atoms with Crippen LogP contribution in [0.4, 0.5) is 0 Å². The lowest BCUT2D eigenvalue weighted by molar-refractivity contribution is -0.147. The Morgan fingerprint density at radius 3 is 2.53 bits per heavy atom. The molecule has 1 amide bonds. The molecule has 2 aromatic rings. The summed E-state index contributed by atoms with van der Waals surface area (Å²) >= 11 is 0.